The molecule has 24 heavy (non-hydrogen) atoms. The first-order chi connectivity index (χ1) is 11.4. The van der Waals surface area contributed by atoms with E-state index in [0.29, 0.717) is 11.0 Å². The fourth-order valence-corrected chi connectivity index (χ4v) is 3.11. The van der Waals surface area contributed by atoms with Gasteiger partial charge in [-0.2, -0.15) is 0 Å². The number of nitrogen functional groups attached to an aromatic ring is 1. The second kappa shape index (κ2) is 6.65. The smallest absolute Gasteiger partial charge is 0.210 e. The average Bonchev–Trinajstić information content (AvgIpc) is 2.94. The second-order valence-electron chi connectivity index (χ2n) is 6.65. The van der Waals surface area contributed by atoms with Gasteiger partial charge in [0.05, 0.1) is 0 Å². The monoisotopic (exact) mass is 339 g/mol. The molecule has 0 saturated heterocycles. The summed E-state index contributed by atoms with van der Waals surface area (Å²) in [6.07, 6.45) is 3.61. The van der Waals surface area contributed by atoms with Crippen LogP contribution in [-0.2, 0) is 11.2 Å². The molecule has 0 atom stereocenters. The summed E-state index contributed by atoms with van der Waals surface area (Å²) in [5.41, 5.74) is 3.49. The van der Waals surface area contributed by atoms with Crippen LogP contribution in [-0.4, -0.2) is 19.9 Å². The molecule has 0 spiro atoms. The summed E-state index contributed by atoms with van der Waals surface area (Å²) in [6, 6.07) is 12.3. The molecule has 0 bridgehead atoms. The molecule has 5 nitrogen and oxygen atoms in total. The maximum atomic E-state index is 6.18. The quantitative estimate of drug-likeness (QED) is 0.580. The number of pyridine rings is 1. The van der Waals surface area contributed by atoms with Gasteiger partial charge in [0.1, 0.15) is 0 Å². The maximum absolute atomic E-state index is 6.18. The van der Waals surface area contributed by atoms with Gasteiger partial charge in [0.2, 0.25) is 5.16 Å². The van der Waals surface area contributed by atoms with Gasteiger partial charge in [-0.3, -0.25) is 4.98 Å². The largest absolute Gasteiger partial charge is 0.335 e. The molecule has 0 saturated carbocycles. The number of thioether (sulfide) groups is 1. The lowest BCUT2D eigenvalue weighted by Gasteiger charge is -2.19. The molecule has 0 unspecified atom stereocenters. The number of rotatable bonds is 4. The van der Waals surface area contributed by atoms with Crippen molar-refractivity contribution in [2.24, 2.45) is 0 Å². The number of hydrogen-bond acceptors (Lipinski definition) is 5. The normalized spacial score (nSPS) is 11.6. The van der Waals surface area contributed by atoms with Crippen LogP contribution in [0.1, 0.15) is 31.9 Å². The second-order valence-corrected chi connectivity index (χ2v) is 7.60. The standard InChI is InChI=1S/C18H21N5S/c1-18(2,3)15-8-6-14(7-9-15)16-21-22-17(23(16)19)24-12-13-5-4-10-20-11-13/h4-11H,12,19H2,1-3H3. The van der Waals surface area contributed by atoms with Crippen molar-refractivity contribution in [2.75, 3.05) is 5.84 Å². The Bertz CT molecular complexity index is 804. The third-order valence-corrected chi connectivity index (χ3v) is 4.78. The first kappa shape index (κ1) is 16.5. The van der Waals surface area contributed by atoms with Gasteiger partial charge < -0.3 is 5.84 Å². The van der Waals surface area contributed by atoms with Crippen molar-refractivity contribution in [1.82, 2.24) is 19.9 Å². The number of hydrogen-bond donors (Lipinski definition) is 1. The lowest BCUT2D eigenvalue weighted by Crippen LogP contribution is -2.12. The molecule has 3 aromatic rings. The Kier molecular flexibility index (Phi) is 4.57. The molecule has 1 aromatic carbocycles. The third kappa shape index (κ3) is 3.59. The Morgan fingerprint density at radius 1 is 1.08 bits per heavy atom. The van der Waals surface area contributed by atoms with Crippen molar-refractivity contribution in [3.05, 3.63) is 59.9 Å². The molecular weight excluding hydrogens is 318 g/mol. The summed E-state index contributed by atoms with van der Waals surface area (Å²) in [4.78, 5) is 4.11. The van der Waals surface area contributed by atoms with Gasteiger partial charge in [0, 0.05) is 23.7 Å². The van der Waals surface area contributed by atoms with E-state index < -0.39 is 0 Å². The number of benzene rings is 1. The van der Waals surface area contributed by atoms with Gasteiger partial charge in [0.15, 0.2) is 5.82 Å². The van der Waals surface area contributed by atoms with E-state index in [4.69, 9.17) is 5.84 Å². The van der Waals surface area contributed by atoms with Crippen LogP contribution in [0.4, 0.5) is 0 Å². The molecule has 0 aliphatic rings. The van der Waals surface area contributed by atoms with E-state index in [-0.39, 0.29) is 5.41 Å². The summed E-state index contributed by atoms with van der Waals surface area (Å²) in [5, 5.41) is 9.14. The average molecular weight is 339 g/mol. The summed E-state index contributed by atoms with van der Waals surface area (Å²) >= 11 is 1.55. The van der Waals surface area contributed by atoms with E-state index in [1.807, 2.05) is 30.5 Å². The van der Waals surface area contributed by atoms with Crippen molar-refractivity contribution in [3.63, 3.8) is 0 Å². The molecule has 0 fully saturated rings. The Hall–Kier alpha value is -2.34. The van der Waals surface area contributed by atoms with Crippen molar-refractivity contribution in [1.29, 1.82) is 0 Å². The lowest BCUT2D eigenvalue weighted by atomic mass is 9.87. The van der Waals surface area contributed by atoms with E-state index in [2.05, 4.69) is 48.1 Å². The zero-order valence-electron chi connectivity index (χ0n) is 14.1. The highest BCUT2D eigenvalue weighted by molar-refractivity contribution is 7.98. The minimum Gasteiger partial charge on any atom is -0.335 e. The van der Waals surface area contributed by atoms with Gasteiger partial charge in [0.25, 0.3) is 0 Å². The van der Waals surface area contributed by atoms with Gasteiger partial charge in [-0.25, -0.2) is 4.68 Å². The van der Waals surface area contributed by atoms with Crippen molar-refractivity contribution < 1.29 is 0 Å². The first-order valence-corrected chi connectivity index (χ1v) is 8.77. The van der Waals surface area contributed by atoms with Gasteiger partial charge >= 0.3 is 0 Å². The maximum Gasteiger partial charge on any atom is 0.210 e. The van der Waals surface area contributed by atoms with Gasteiger partial charge in [-0.15, -0.1) is 10.2 Å². The molecule has 2 aromatic heterocycles. The van der Waals surface area contributed by atoms with E-state index in [9.17, 15) is 0 Å². The van der Waals surface area contributed by atoms with Crippen LogP contribution in [0.2, 0.25) is 0 Å². The van der Waals surface area contributed by atoms with Gasteiger partial charge in [-0.1, -0.05) is 62.9 Å². The Labute approximate surface area is 146 Å². The van der Waals surface area contributed by atoms with Crippen LogP contribution >= 0.6 is 11.8 Å². The molecular formula is C18H21N5S. The zero-order valence-corrected chi connectivity index (χ0v) is 14.9. The predicted molar refractivity (Wildman–Crippen MR) is 98.1 cm³/mol. The lowest BCUT2D eigenvalue weighted by molar-refractivity contribution is 0.590. The molecule has 2 N–H and O–H groups in total. The molecule has 124 valence electrons. The molecule has 3 rings (SSSR count). The number of aromatic nitrogens is 4. The minimum atomic E-state index is 0.125. The Morgan fingerprint density at radius 2 is 1.83 bits per heavy atom. The molecule has 0 amide bonds. The van der Waals surface area contributed by atoms with Crippen LogP contribution in [0.25, 0.3) is 11.4 Å². The van der Waals surface area contributed by atoms with Crippen molar-refractivity contribution in [2.45, 2.75) is 37.1 Å². The molecule has 0 aliphatic carbocycles. The van der Waals surface area contributed by atoms with Crippen molar-refractivity contribution in [3.8, 4) is 11.4 Å². The highest BCUT2D eigenvalue weighted by atomic mass is 32.2. The topological polar surface area (TPSA) is 69.6 Å². The van der Waals surface area contributed by atoms with Crippen LogP contribution in [0.15, 0.2) is 53.9 Å². The summed E-state index contributed by atoms with van der Waals surface area (Å²) in [6.45, 7) is 6.59. The SMILES string of the molecule is CC(C)(C)c1ccc(-c2nnc(SCc3cccnc3)n2N)cc1. The summed E-state index contributed by atoms with van der Waals surface area (Å²) in [7, 11) is 0. The van der Waals surface area contributed by atoms with E-state index in [0.717, 1.165) is 16.9 Å². The Morgan fingerprint density at radius 3 is 2.46 bits per heavy atom. The van der Waals surface area contributed by atoms with Gasteiger partial charge in [-0.05, 0) is 22.6 Å². The fourth-order valence-electron chi connectivity index (χ4n) is 2.32. The molecule has 6 heteroatoms. The van der Waals surface area contributed by atoms with E-state index >= 15 is 0 Å². The van der Waals surface area contributed by atoms with E-state index in [1.54, 1.807) is 22.6 Å². The third-order valence-electron chi connectivity index (χ3n) is 3.76. The van der Waals surface area contributed by atoms with Crippen LogP contribution < -0.4 is 5.84 Å². The Balaban J connectivity index is 1.77. The molecule has 0 radical (unpaired) electrons. The summed E-state index contributed by atoms with van der Waals surface area (Å²) in [5.74, 6) is 7.61. The first-order valence-electron chi connectivity index (χ1n) is 7.78. The fraction of sp³-hybridized carbons (Fsp3) is 0.278. The van der Waals surface area contributed by atoms with Crippen LogP contribution in [0.5, 0.6) is 0 Å². The van der Waals surface area contributed by atoms with E-state index in [1.165, 1.54) is 5.56 Å². The summed E-state index contributed by atoms with van der Waals surface area (Å²) < 4.78 is 1.55. The number of nitrogens with two attached hydrogens (primary N) is 1. The molecule has 2 heterocycles. The predicted octanol–water partition coefficient (Wildman–Crippen LogP) is 3.64. The van der Waals surface area contributed by atoms with Crippen LogP contribution in [0.3, 0.4) is 0 Å². The zero-order chi connectivity index (χ0) is 17.2. The minimum absolute atomic E-state index is 0.125. The highest BCUT2D eigenvalue weighted by Crippen LogP contribution is 2.27. The van der Waals surface area contributed by atoms with Crippen LogP contribution in [0, 0.1) is 0 Å². The molecule has 0 aliphatic heterocycles. The number of nitrogens with zero attached hydrogens (tertiary/aromatic N) is 4. The highest BCUT2D eigenvalue weighted by Gasteiger charge is 2.16. The van der Waals surface area contributed by atoms with Crippen molar-refractivity contribution >= 4 is 11.8 Å².